The van der Waals surface area contributed by atoms with E-state index in [-0.39, 0.29) is 0 Å². The molecule has 1 N–H and O–H groups in total. The van der Waals surface area contributed by atoms with E-state index >= 15 is 0 Å². The number of para-hydroxylation sites is 1. The molecule has 1 saturated heterocycles. The highest BCUT2D eigenvalue weighted by Crippen LogP contribution is 2.40. The molecule has 1 fully saturated rings. The fourth-order valence-electron chi connectivity index (χ4n) is 4.46. The lowest BCUT2D eigenvalue weighted by molar-refractivity contribution is 0.209. The molecule has 2 aliphatic rings. The van der Waals surface area contributed by atoms with Crippen molar-refractivity contribution in [3.8, 4) is 11.8 Å². The third kappa shape index (κ3) is 3.56. The molecule has 0 amide bonds. The summed E-state index contributed by atoms with van der Waals surface area (Å²) < 4.78 is 5.55. The molecular weight excluding hydrogens is 362 g/mol. The van der Waals surface area contributed by atoms with Gasteiger partial charge in [0.05, 0.1) is 12.3 Å². The number of benzene rings is 2. The van der Waals surface area contributed by atoms with Crippen LogP contribution < -0.4 is 9.64 Å². The first kappa shape index (κ1) is 19.4. The van der Waals surface area contributed by atoms with E-state index in [1.54, 1.807) is 4.90 Å². The summed E-state index contributed by atoms with van der Waals surface area (Å²) in [7, 11) is 1.83. The molecule has 5 nitrogen and oxygen atoms in total. The van der Waals surface area contributed by atoms with Gasteiger partial charge in [0, 0.05) is 31.4 Å². The van der Waals surface area contributed by atoms with Gasteiger partial charge in [-0.1, -0.05) is 30.3 Å². The molecule has 0 spiro atoms. The van der Waals surface area contributed by atoms with Crippen LogP contribution in [0.3, 0.4) is 0 Å². The minimum atomic E-state index is -0.909. The molecule has 4 rings (SSSR count). The van der Waals surface area contributed by atoms with Gasteiger partial charge in [0.25, 0.3) is 0 Å². The second kappa shape index (κ2) is 8.18. The lowest BCUT2D eigenvalue weighted by atomic mass is 9.88. The zero-order valence-corrected chi connectivity index (χ0v) is 17.0. The van der Waals surface area contributed by atoms with Crippen molar-refractivity contribution in [1.29, 1.82) is 5.26 Å². The second-order valence-electron chi connectivity index (χ2n) is 7.64. The van der Waals surface area contributed by atoms with E-state index in [0.29, 0.717) is 18.1 Å². The Balaban J connectivity index is 1.56. The van der Waals surface area contributed by atoms with Gasteiger partial charge in [-0.05, 0) is 49.4 Å². The van der Waals surface area contributed by atoms with Gasteiger partial charge in [0.2, 0.25) is 0 Å². The van der Waals surface area contributed by atoms with Crippen molar-refractivity contribution >= 4 is 11.4 Å². The molecule has 1 atom stereocenters. The molecule has 5 heteroatoms. The summed E-state index contributed by atoms with van der Waals surface area (Å²) in [6.45, 7) is 4.40. The van der Waals surface area contributed by atoms with Gasteiger partial charge >= 0.3 is 0 Å². The van der Waals surface area contributed by atoms with Crippen LogP contribution in [-0.2, 0) is 0 Å². The molecule has 29 heavy (non-hydrogen) atoms. The standard InChI is InChI=1S/C24H27N3O2/c1-3-29-19-10-8-17(9-11-19)18-12-14-27(15-13-18)23-20-6-4-5-7-22(20)26(2)24(28)21(23)16-25/h4-11,18,24,28H,3,12-15H2,1-2H3. The van der Waals surface area contributed by atoms with Gasteiger partial charge < -0.3 is 19.6 Å². The maximum absolute atomic E-state index is 10.7. The predicted octanol–water partition coefficient (Wildman–Crippen LogP) is 3.97. The first-order chi connectivity index (χ1) is 14.1. The molecule has 0 saturated carbocycles. The molecule has 0 aliphatic carbocycles. The maximum atomic E-state index is 10.7. The number of ether oxygens (including phenoxy) is 1. The van der Waals surface area contributed by atoms with E-state index in [4.69, 9.17) is 4.74 Å². The number of hydrogen-bond donors (Lipinski definition) is 1. The zero-order chi connectivity index (χ0) is 20.4. The smallest absolute Gasteiger partial charge is 0.165 e. The summed E-state index contributed by atoms with van der Waals surface area (Å²) in [6, 6.07) is 18.7. The van der Waals surface area contributed by atoms with Gasteiger partial charge in [0.15, 0.2) is 6.23 Å². The number of likely N-dealkylation sites (N-methyl/N-ethyl adjacent to an activating group) is 1. The molecule has 2 aromatic carbocycles. The van der Waals surface area contributed by atoms with E-state index in [2.05, 4.69) is 23.1 Å². The Morgan fingerprint density at radius 3 is 2.45 bits per heavy atom. The van der Waals surface area contributed by atoms with Crippen molar-refractivity contribution in [1.82, 2.24) is 4.90 Å². The molecule has 2 heterocycles. The summed E-state index contributed by atoms with van der Waals surface area (Å²) in [4.78, 5) is 4.04. The Bertz CT molecular complexity index is 937. The van der Waals surface area contributed by atoms with Crippen molar-refractivity contribution in [2.45, 2.75) is 31.9 Å². The number of likely N-dealkylation sites (tertiary alicyclic amines) is 1. The Morgan fingerprint density at radius 2 is 1.79 bits per heavy atom. The monoisotopic (exact) mass is 389 g/mol. The van der Waals surface area contributed by atoms with E-state index < -0.39 is 6.23 Å². The number of anilines is 1. The lowest BCUT2D eigenvalue weighted by Gasteiger charge is -2.41. The van der Waals surface area contributed by atoms with Gasteiger partial charge in [-0.3, -0.25) is 0 Å². The van der Waals surface area contributed by atoms with Crippen molar-refractivity contribution in [2.75, 3.05) is 31.6 Å². The average Bonchev–Trinajstić information content (AvgIpc) is 2.77. The van der Waals surface area contributed by atoms with Crippen molar-refractivity contribution in [2.24, 2.45) is 0 Å². The summed E-state index contributed by atoms with van der Waals surface area (Å²) in [6.07, 6.45) is 1.13. The third-order valence-corrected chi connectivity index (χ3v) is 6.01. The normalized spacial score (nSPS) is 19.7. The van der Waals surface area contributed by atoms with Crippen LogP contribution in [-0.4, -0.2) is 43.0 Å². The van der Waals surface area contributed by atoms with Gasteiger partial charge in [-0.2, -0.15) is 5.26 Å². The molecule has 0 aromatic heterocycles. The minimum absolute atomic E-state index is 0.436. The Hall–Kier alpha value is -2.97. The van der Waals surface area contributed by atoms with Crippen molar-refractivity contribution in [3.05, 3.63) is 65.2 Å². The van der Waals surface area contributed by atoms with Crippen LogP contribution in [0.5, 0.6) is 5.75 Å². The largest absolute Gasteiger partial charge is 0.494 e. The average molecular weight is 389 g/mol. The molecule has 150 valence electrons. The van der Waals surface area contributed by atoms with Crippen LogP contribution in [0.15, 0.2) is 54.1 Å². The maximum Gasteiger partial charge on any atom is 0.165 e. The fraction of sp³-hybridized carbons (Fsp3) is 0.375. The van der Waals surface area contributed by atoms with Crippen LogP contribution in [0.25, 0.3) is 5.70 Å². The number of hydrogen-bond acceptors (Lipinski definition) is 5. The quantitative estimate of drug-likeness (QED) is 0.857. The summed E-state index contributed by atoms with van der Waals surface area (Å²) in [5, 5.41) is 20.5. The first-order valence-corrected chi connectivity index (χ1v) is 10.3. The van der Waals surface area contributed by atoms with Crippen LogP contribution in [0.2, 0.25) is 0 Å². The van der Waals surface area contributed by atoms with E-state index in [1.807, 2.05) is 50.4 Å². The number of nitriles is 1. The highest BCUT2D eigenvalue weighted by molar-refractivity contribution is 5.84. The van der Waals surface area contributed by atoms with E-state index in [9.17, 15) is 10.4 Å². The number of aliphatic hydroxyl groups is 1. The topological polar surface area (TPSA) is 59.7 Å². The summed E-state index contributed by atoms with van der Waals surface area (Å²) in [5.74, 6) is 1.41. The number of rotatable bonds is 4. The third-order valence-electron chi connectivity index (χ3n) is 6.01. The highest BCUT2D eigenvalue weighted by Gasteiger charge is 2.34. The highest BCUT2D eigenvalue weighted by atomic mass is 16.5. The Kier molecular flexibility index (Phi) is 5.46. The van der Waals surface area contributed by atoms with E-state index in [1.165, 1.54) is 5.56 Å². The Morgan fingerprint density at radius 1 is 1.10 bits per heavy atom. The molecule has 0 radical (unpaired) electrons. The zero-order valence-electron chi connectivity index (χ0n) is 17.0. The minimum Gasteiger partial charge on any atom is -0.494 e. The van der Waals surface area contributed by atoms with Crippen LogP contribution >= 0.6 is 0 Å². The summed E-state index contributed by atoms with van der Waals surface area (Å²) in [5.41, 5.74) is 4.65. The molecule has 2 aliphatic heterocycles. The number of nitrogens with zero attached hydrogens (tertiary/aromatic N) is 3. The lowest BCUT2D eigenvalue weighted by Crippen LogP contribution is -2.41. The fourth-order valence-corrected chi connectivity index (χ4v) is 4.46. The molecular formula is C24H27N3O2. The SMILES string of the molecule is CCOc1ccc(C2CCN(C3=C(C#N)C(O)N(C)c4ccccc43)CC2)cc1. The first-order valence-electron chi connectivity index (χ1n) is 10.3. The predicted molar refractivity (Wildman–Crippen MR) is 115 cm³/mol. The molecule has 1 unspecified atom stereocenters. The van der Waals surface area contributed by atoms with Gasteiger partial charge in [0.1, 0.15) is 17.4 Å². The molecule has 0 bridgehead atoms. The van der Waals surface area contributed by atoms with Crippen LogP contribution in [0.1, 0.15) is 36.8 Å². The Labute approximate surface area is 172 Å². The number of fused-ring (bicyclic) bond motifs is 1. The van der Waals surface area contributed by atoms with Gasteiger partial charge in [-0.25, -0.2) is 0 Å². The summed E-state index contributed by atoms with van der Waals surface area (Å²) >= 11 is 0. The number of piperidine rings is 1. The van der Waals surface area contributed by atoms with E-state index in [0.717, 1.165) is 48.6 Å². The second-order valence-corrected chi connectivity index (χ2v) is 7.64. The van der Waals surface area contributed by atoms with Gasteiger partial charge in [-0.15, -0.1) is 0 Å². The van der Waals surface area contributed by atoms with Crippen molar-refractivity contribution < 1.29 is 9.84 Å². The number of aliphatic hydroxyl groups excluding tert-OH is 1. The van der Waals surface area contributed by atoms with Crippen LogP contribution in [0.4, 0.5) is 5.69 Å². The molecule has 2 aromatic rings. The van der Waals surface area contributed by atoms with Crippen molar-refractivity contribution in [3.63, 3.8) is 0 Å². The van der Waals surface area contributed by atoms with Crippen LogP contribution in [0, 0.1) is 11.3 Å².